The summed E-state index contributed by atoms with van der Waals surface area (Å²) in [5.74, 6) is -2.23. The van der Waals surface area contributed by atoms with E-state index in [1.165, 1.54) is 13.8 Å². The minimum Gasteiger partial charge on any atom is -0.366 e. The number of anilines is 1. The number of halogens is 2. The molecule has 0 radical (unpaired) electrons. The number of primary amides is 1. The van der Waals surface area contributed by atoms with E-state index in [1.807, 2.05) is 0 Å². The smallest absolute Gasteiger partial charge is 0.262 e. The summed E-state index contributed by atoms with van der Waals surface area (Å²) in [5.41, 5.74) is 5.03. The predicted octanol–water partition coefficient (Wildman–Crippen LogP) is 2.48. The van der Waals surface area contributed by atoms with Crippen molar-refractivity contribution in [1.29, 1.82) is 0 Å². The number of carbonyl (C=O) groups excluding carboxylic acids is 1. The molecular formula is C15H14F2N2O3S. The van der Waals surface area contributed by atoms with Crippen LogP contribution in [0, 0.1) is 25.5 Å². The Morgan fingerprint density at radius 3 is 2.35 bits per heavy atom. The van der Waals surface area contributed by atoms with Crippen LogP contribution in [0.4, 0.5) is 14.5 Å². The Hall–Kier alpha value is -2.48. The molecule has 2 aromatic carbocycles. The molecule has 0 aliphatic carbocycles. The van der Waals surface area contributed by atoms with Crippen LogP contribution in [-0.2, 0) is 10.0 Å². The van der Waals surface area contributed by atoms with Crippen molar-refractivity contribution in [2.45, 2.75) is 18.7 Å². The van der Waals surface area contributed by atoms with Crippen LogP contribution in [-0.4, -0.2) is 14.3 Å². The third kappa shape index (κ3) is 3.48. The van der Waals surface area contributed by atoms with Gasteiger partial charge in [-0.15, -0.1) is 0 Å². The van der Waals surface area contributed by atoms with E-state index in [2.05, 4.69) is 4.72 Å². The van der Waals surface area contributed by atoms with E-state index in [1.54, 1.807) is 0 Å². The summed E-state index contributed by atoms with van der Waals surface area (Å²) in [6.45, 7) is 2.79. The third-order valence-electron chi connectivity index (χ3n) is 3.30. The van der Waals surface area contributed by atoms with E-state index in [-0.39, 0.29) is 27.3 Å². The first-order valence-electron chi connectivity index (χ1n) is 6.51. The van der Waals surface area contributed by atoms with Gasteiger partial charge in [-0.1, -0.05) is 0 Å². The molecule has 0 atom stereocenters. The van der Waals surface area contributed by atoms with Gasteiger partial charge in [-0.25, -0.2) is 17.2 Å². The summed E-state index contributed by atoms with van der Waals surface area (Å²) in [4.78, 5) is 11.0. The van der Waals surface area contributed by atoms with Gasteiger partial charge in [-0.2, -0.15) is 0 Å². The fourth-order valence-electron chi connectivity index (χ4n) is 2.04. The Balaban J connectivity index is 2.51. The van der Waals surface area contributed by atoms with Crippen LogP contribution in [0.25, 0.3) is 0 Å². The van der Waals surface area contributed by atoms with Gasteiger partial charge in [0.05, 0.1) is 10.6 Å². The van der Waals surface area contributed by atoms with Gasteiger partial charge in [-0.05, 0) is 49.7 Å². The van der Waals surface area contributed by atoms with Crippen LogP contribution < -0.4 is 10.5 Å². The molecular weight excluding hydrogens is 326 g/mol. The van der Waals surface area contributed by atoms with Gasteiger partial charge < -0.3 is 5.73 Å². The normalized spacial score (nSPS) is 11.3. The number of aryl methyl sites for hydroxylation is 1. The molecule has 0 heterocycles. The van der Waals surface area contributed by atoms with Crippen molar-refractivity contribution in [3.8, 4) is 0 Å². The number of amides is 1. The highest BCUT2D eigenvalue weighted by Gasteiger charge is 2.20. The van der Waals surface area contributed by atoms with Crippen molar-refractivity contribution in [1.82, 2.24) is 0 Å². The molecule has 2 aromatic rings. The number of hydrogen-bond acceptors (Lipinski definition) is 3. The molecule has 0 saturated carbocycles. The summed E-state index contributed by atoms with van der Waals surface area (Å²) >= 11 is 0. The number of sulfonamides is 1. The Kier molecular flexibility index (Phi) is 4.37. The Morgan fingerprint density at radius 1 is 1.13 bits per heavy atom. The predicted molar refractivity (Wildman–Crippen MR) is 81.6 cm³/mol. The topological polar surface area (TPSA) is 89.3 Å². The third-order valence-corrected chi connectivity index (χ3v) is 4.83. The second-order valence-electron chi connectivity index (χ2n) is 5.01. The summed E-state index contributed by atoms with van der Waals surface area (Å²) in [7, 11) is -4.08. The van der Waals surface area contributed by atoms with E-state index in [0.717, 1.165) is 30.3 Å². The molecule has 23 heavy (non-hydrogen) atoms. The number of nitrogens with two attached hydrogens (primary N) is 1. The van der Waals surface area contributed by atoms with Gasteiger partial charge in [0.1, 0.15) is 11.6 Å². The molecule has 8 heteroatoms. The molecule has 0 saturated heterocycles. The highest BCUT2D eigenvalue weighted by molar-refractivity contribution is 7.92. The van der Waals surface area contributed by atoms with Gasteiger partial charge in [0.2, 0.25) is 5.91 Å². The van der Waals surface area contributed by atoms with Crippen molar-refractivity contribution in [2.75, 3.05) is 4.72 Å². The lowest BCUT2D eigenvalue weighted by Gasteiger charge is -2.13. The Bertz CT molecular complexity index is 896. The SMILES string of the molecule is Cc1cc(F)ccc1S(=O)(=O)Nc1cc(C(N)=O)cc(F)c1C. The zero-order chi connectivity index (χ0) is 17.4. The Labute approximate surface area is 132 Å². The van der Waals surface area contributed by atoms with Crippen molar-refractivity contribution < 1.29 is 22.0 Å². The van der Waals surface area contributed by atoms with Gasteiger partial charge in [0.15, 0.2) is 0 Å². The standard InChI is InChI=1S/C15H14F2N2O3S/c1-8-5-11(16)3-4-14(8)23(21,22)19-13-7-10(15(18)20)6-12(17)9(13)2/h3-7,19H,1-2H3,(H2,18,20). The van der Waals surface area contributed by atoms with Gasteiger partial charge in [0.25, 0.3) is 10.0 Å². The van der Waals surface area contributed by atoms with Crippen LogP contribution in [0.3, 0.4) is 0 Å². The average Bonchev–Trinajstić information content (AvgIpc) is 2.42. The van der Waals surface area contributed by atoms with E-state index in [9.17, 15) is 22.0 Å². The lowest BCUT2D eigenvalue weighted by molar-refractivity contribution is 0.1000. The van der Waals surface area contributed by atoms with E-state index in [0.29, 0.717) is 0 Å². The van der Waals surface area contributed by atoms with Gasteiger partial charge in [0, 0.05) is 11.1 Å². The lowest BCUT2D eigenvalue weighted by atomic mass is 10.1. The molecule has 3 N–H and O–H groups in total. The molecule has 0 bridgehead atoms. The molecule has 0 fully saturated rings. The summed E-state index contributed by atoms with van der Waals surface area (Å²) in [6.07, 6.45) is 0. The van der Waals surface area contributed by atoms with Crippen LogP contribution in [0.15, 0.2) is 35.2 Å². The molecule has 0 aliphatic heterocycles. The summed E-state index contributed by atoms with van der Waals surface area (Å²) < 4.78 is 53.9. The second kappa shape index (κ2) is 5.96. The number of nitrogens with one attached hydrogen (secondary N) is 1. The lowest BCUT2D eigenvalue weighted by Crippen LogP contribution is -2.17. The van der Waals surface area contributed by atoms with Crippen LogP contribution in [0.1, 0.15) is 21.5 Å². The van der Waals surface area contributed by atoms with Crippen molar-refractivity contribution in [3.63, 3.8) is 0 Å². The first kappa shape index (κ1) is 16.9. The fourth-order valence-corrected chi connectivity index (χ4v) is 3.38. The molecule has 0 aromatic heterocycles. The number of rotatable bonds is 4. The van der Waals surface area contributed by atoms with E-state index in [4.69, 9.17) is 5.73 Å². The van der Waals surface area contributed by atoms with Crippen molar-refractivity contribution in [3.05, 3.63) is 58.7 Å². The maximum atomic E-state index is 13.8. The molecule has 122 valence electrons. The fraction of sp³-hybridized carbons (Fsp3) is 0.133. The molecule has 1 amide bonds. The van der Waals surface area contributed by atoms with E-state index < -0.39 is 27.6 Å². The summed E-state index contributed by atoms with van der Waals surface area (Å²) in [5, 5.41) is 0. The first-order chi connectivity index (χ1) is 10.6. The number of carbonyl (C=O) groups is 1. The van der Waals surface area contributed by atoms with Gasteiger partial charge >= 0.3 is 0 Å². The molecule has 0 unspecified atom stereocenters. The zero-order valence-corrected chi connectivity index (χ0v) is 13.2. The van der Waals surface area contributed by atoms with E-state index >= 15 is 0 Å². The maximum absolute atomic E-state index is 13.8. The average molecular weight is 340 g/mol. The second-order valence-corrected chi connectivity index (χ2v) is 6.66. The summed E-state index contributed by atoms with van der Waals surface area (Å²) in [6, 6.07) is 5.27. The minimum absolute atomic E-state index is 0.0124. The quantitative estimate of drug-likeness (QED) is 0.896. The van der Waals surface area contributed by atoms with Crippen molar-refractivity contribution >= 4 is 21.6 Å². The highest BCUT2D eigenvalue weighted by Crippen LogP contribution is 2.25. The highest BCUT2D eigenvalue weighted by atomic mass is 32.2. The largest absolute Gasteiger partial charge is 0.366 e. The van der Waals surface area contributed by atoms with Crippen LogP contribution in [0.5, 0.6) is 0 Å². The number of hydrogen-bond donors (Lipinski definition) is 2. The molecule has 5 nitrogen and oxygen atoms in total. The molecule has 0 spiro atoms. The van der Waals surface area contributed by atoms with Crippen LogP contribution >= 0.6 is 0 Å². The maximum Gasteiger partial charge on any atom is 0.262 e. The van der Waals surface area contributed by atoms with Crippen LogP contribution in [0.2, 0.25) is 0 Å². The minimum atomic E-state index is -4.08. The molecule has 0 aliphatic rings. The number of benzene rings is 2. The zero-order valence-electron chi connectivity index (χ0n) is 12.4. The first-order valence-corrected chi connectivity index (χ1v) is 7.99. The van der Waals surface area contributed by atoms with Crippen molar-refractivity contribution in [2.24, 2.45) is 5.73 Å². The van der Waals surface area contributed by atoms with Gasteiger partial charge in [-0.3, -0.25) is 9.52 Å². The Morgan fingerprint density at radius 2 is 1.78 bits per heavy atom. The molecule has 2 rings (SSSR count). The monoisotopic (exact) mass is 340 g/mol.